The van der Waals surface area contributed by atoms with Gasteiger partial charge in [0, 0.05) is 10.5 Å². The van der Waals surface area contributed by atoms with E-state index in [0.717, 1.165) is 0 Å². The van der Waals surface area contributed by atoms with Crippen LogP contribution in [0.2, 0.25) is 0 Å². The molecule has 3 N–H and O–H groups in total. The Morgan fingerprint density at radius 1 is 1.21 bits per heavy atom. The SMILES string of the molecule is CCS(=O)S(C(C)(C)CC)=P(O)(O)O. The van der Waals surface area contributed by atoms with Crippen LogP contribution < -0.4 is 0 Å². The highest BCUT2D eigenvalue weighted by Crippen LogP contribution is 2.44. The van der Waals surface area contributed by atoms with Crippen molar-refractivity contribution in [1.82, 2.24) is 0 Å². The maximum atomic E-state index is 11.6. The Balaban J connectivity index is 5.49. The van der Waals surface area contributed by atoms with Gasteiger partial charge in [-0.25, -0.2) is 4.21 Å². The molecule has 4 nitrogen and oxygen atoms in total. The molecule has 2 atom stereocenters. The highest BCUT2D eigenvalue weighted by molar-refractivity contribution is 8.76. The molecule has 0 heterocycles. The van der Waals surface area contributed by atoms with E-state index in [0.29, 0.717) is 12.2 Å². The van der Waals surface area contributed by atoms with Crippen LogP contribution in [0.4, 0.5) is 0 Å². The van der Waals surface area contributed by atoms with Crippen molar-refractivity contribution in [3.8, 4) is 0 Å². The largest absolute Gasteiger partial charge is 0.328 e. The Bertz CT molecular complexity index is 273. The summed E-state index contributed by atoms with van der Waals surface area (Å²) in [7, 11) is -2.62. The molecule has 88 valence electrons. The molecule has 14 heavy (non-hydrogen) atoms. The normalized spacial score (nSPS) is 17.9. The fourth-order valence-corrected chi connectivity index (χ4v) is 11.3. The van der Waals surface area contributed by atoms with Gasteiger partial charge < -0.3 is 14.7 Å². The molecule has 0 saturated heterocycles. The van der Waals surface area contributed by atoms with Crippen molar-refractivity contribution in [2.75, 3.05) is 5.75 Å². The second-order valence-corrected chi connectivity index (χ2v) is 12.7. The van der Waals surface area contributed by atoms with E-state index in [1.54, 1.807) is 20.8 Å². The van der Waals surface area contributed by atoms with Crippen molar-refractivity contribution in [3.63, 3.8) is 0 Å². The molecule has 0 amide bonds. The van der Waals surface area contributed by atoms with Crippen LogP contribution in [0.25, 0.3) is 0 Å². The van der Waals surface area contributed by atoms with E-state index in [2.05, 4.69) is 0 Å². The molecule has 0 fully saturated rings. The van der Waals surface area contributed by atoms with Crippen LogP contribution in [0.3, 0.4) is 0 Å². The topological polar surface area (TPSA) is 77.8 Å². The Kier molecular flexibility index (Phi) is 5.54. The molecule has 0 aliphatic heterocycles. The van der Waals surface area contributed by atoms with Gasteiger partial charge in [-0.2, -0.15) is 0 Å². The van der Waals surface area contributed by atoms with Crippen LogP contribution in [0, 0.1) is 0 Å². The van der Waals surface area contributed by atoms with Crippen molar-refractivity contribution in [1.29, 1.82) is 0 Å². The summed E-state index contributed by atoms with van der Waals surface area (Å²) in [6.07, 6.45) is 0.644. The minimum absolute atomic E-state index is 0.329. The van der Waals surface area contributed by atoms with Gasteiger partial charge in [0.1, 0.15) is 0 Å². The number of rotatable bonds is 4. The van der Waals surface area contributed by atoms with Gasteiger partial charge in [-0.1, -0.05) is 27.7 Å². The molecule has 0 rings (SSSR count). The van der Waals surface area contributed by atoms with Crippen LogP contribution in [-0.2, 0) is 18.9 Å². The van der Waals surface area contributed by atoms with E-state index >= 15 is 0 Å². The van der Waals surface area contributed by atoms with Crippen molar-refractivity contribution < 1.29 is 18.9 Å². The number of hydrogen-bond acceptors (Lipinski definition) is 1. The van der Waals surface area contributed by atoms with Crippen LogP contribution in [0.15, 0.2) is 0 Å². The quantitative estimate of drug-likeness (QED) is 0.524. The second-order valence-electron chi connectivity index (χ2n) is 3.47. The van der Waals surface area contributed by atoms with Crippen molar-refractivity contribution >= 4 is 25.7 Å². The minimum atomic E-state index is -4.01. The van der Waals surface area contributed by atoms with Crippen LogP contribution in [0.1, 0.15) is 34.1 Å². The first kappa shape index (κ1) is 14.8. The first-order valence-corrected chi connectivity index (χ1v) is 9.69. The van der Waals surface area contributed by atoms with Gasteiger partial charge in [0.15, 0.2) is 0 Å². The fraction of sp³-hybridized carbons (Fsp3) is 1.00. The molecule has 0 aliphatic rings. The predicted octanol–water partition coefficient (Wildman–Crippen LogP) is 1.13. The zero-order valence-corrected chi connectivity index (χ0v) is 11.5. The molecular formula is C7H19O4PS2. The van der Waals surface area contributed by atoms with E-state index < -0.39 is 30.4 Å². The summed E-state index contributed by atoms with van der Waals surface area (Å²) in [5.74, 6) is 0.329. The molecule has 0 aliphatic carbocycles. The summed E-state index contributed by atoms with van der Waals surface area (Å²) in [6.45, 7) is 3.16. The zero-order chi connectivity index (χ0) is 11.6. The third-order valence-electron chi connectivity index (χ3n) is 1.96. The lowest BCUT2D eigenvalue weighted by atomic mass is 10.1. The van der Waals surface area contributed by atoms with E-state index in [4.69, 9.17) is 0 Å². The van der Waals surface area contributed by atoms with Gasteiger partial charge >= 0.3 is 0 Å². The van der Waals surface area contributed by atoms with Gasteiger partial charge in [0.05, 0.1) is 9.83 Å². The summed E-state index contributed by atoms with van der Waals surface area (Å²) < 4.78 is 11.1. The average molecular weight is 262 g/mol. The standard InChI is InChI=1S/C7H19O4PS2/c1-5-7(3,4)14(12(8,9)10)13(11)6-2/h8-10H,5-6H2,1-4H3. The van der Waals surface area contributed by atoms with Gasteiger partial charge in [0.25, 0.3) is 6.72 Å². The zero-order valence-electron chi connectivity index (χ0n) is 8.93. The molecule has 2 unspecified atom stereocenters. The summed E-state index contributed by atoms with van der Waals surface area (Å²) in [5.41, 5.74) is 0. The number of hydrogen-bond donors (Lipinski definition) is 3. The van der Waals surface area contributed by atoms with E-state index in [1.165, 1.54) is 0 Å². The molecule has 0 bridgehead atoms. The first-order chi connectivity index (χ1) is 6.16. The molecular weight excluding hydrogens is 243 g/mol. The first-order valence-electron chi connectivity index (χ1n) is 4.38. The molecule has 0 spiro atoms. The van der Waals surface area contributed by atoms with Gasteiger partial charge in [0.2, 0.25) is 0 Å². The summed E-state index contributed by atoms with van der Waals surface area (Å²) >= 11 is 0. The Morgan fingerprint density at radius 3 is 1.86 bits per heavy atom. The molecule has 0 radical (unpaired) electrons. The van der Waals surface area contributed by atoms with Crippen LogP contribution in [0.5, 0.6) is 0 Å². The highest BCUT2D eigenvalue weighted by atomic mass is 33.3. The van der Waals surface area contributed by atoms with Gasteiger partial charge in [-0.15, -0.1) is 0 Å². The lowest BCUT2D eigenvalue weighted by Crippen LogP contribution is -2.29. The molecule has 0 aromatic rings. The molecule has 0 aromatic heterocycles. The van der Waals surface area contributed by atoms with Crippen molar-refractivity contribution in [3.05, 3.63) is 0 Å². The van der Waals surface area contributed by atoms with E-state index in [1.807, 2.05) is 6.92 Å². The Morgan fingerprint density at radius 2 is 1.64 bits per heavy atom. The van der Waals surface area contributed by atoms with E-state index in [9.17, 15) is 18.9 Å². The lowest BCUT2D eigenvalue weighted by Gasteiger charge is -2.29. The lowest BCUT2D eigenvalue weighted by molar-refractivity contribution is 0.362. The summed E-state index contributed by atoms with van der Waals surface area (Å²) in [4.78, 5) is 27.9. The molecule has 0 aromatic carbocycles. The van der Waals surface area contributed by atoms with Crippen molar-refractivity contribution in [2.24, 2.45) is 0 Å². The smallest absolute Gasteiger partial charge is 0.289 e. The average Bonchev–Trinajstić information content (AvgIpc) is 2.01. The van der Waals surface area contributed by atoms with Crippen molar-refractivity contribution in [2.45, 2.75) is 38.9 Å². The van der Waals surface area contributed by atoms with Gasteiger partial charge in [-0.05, 0) is 15.5 Å². The highest BCUT2D eigenvalue weighted by Gasteiger charge is 2.31. The summed E-state index contributed by atoms with van der Waals surface area (Å²) in [5, 5.41) is 0. The van der Waals surface area contributed by atoms with Crippen LogP contribution in [-0.4, -0.2) is 29.4 Å². The Hall–Kier alpha value is 0.810. The third kappa shape index (κ3) is 3.76. The maximum Gasteiger partial charge on any atom is 0.289 e. The minimum Gasteiger partial charge on any atom is -0.328 e. The maximum absolute atomic E-state index is 11.6. The molecule has 0 saturated carbocycles. The van der Waals surface area contributed by atoms with Gasteiger partial charge in [-0.3, -0.25) is 0 Å². The molecule has 7 heteroatoms. The van der Waals surface area contributed by atoms with Crippen LogP contribution >= 0.6 is 6.72 Å². The third-order valence-corrected chi connectivity index (χ3v) is 13.7. The summed E-state index contributed by atoms with van der Waals surface area (Å²) in [6, 6.07) is 0. The fourth-order valence-electron chi connectivity index (χ4n) is 0.930. The second kappa shape index (κ2) is 5.23. The van der Waals surface area contributed by atoms with E-state index in [-0.39, 0.29) is 0 Å². The monoisotopic (exact) mass is 262 g/mol. The predicted molar refractivity (Wildman–Crippen MR) is 64.0 cm³/mol. The Labute approximate surface area is 89.4 Å².